The minimum absolute atomic E-state index is 0.0750. The highest BCUT2D eigenvalue weighted by atomic mass is 16.5. The van der Waals surface area contributed by atoms with Gasteiger partial charge in [-0.05, 0) is 24.0 Å². The summed E-state index contributed by atoms with van der Waals surface area (Å²) in [4.78, 5) is 25.4. The molecule has 3 heteroatoms. The Morgan fingerprint density at radius 2 is 1.50 bits per heavy atom. The third kappa shape index (κ3) is 1.68. The summed E-state index contributed by atoms with van der Waals surface area (Å²) >= 11 is 0. The summed E-state index contributed by atoms with van der Waals surface area (Å²) in [5.41, 5.74) is 2.20. The molecule has 22 heavy (non-hydrogen) atoms. The van der Waals surface area contributed by atoms with Gasteiger partial charge in [0.05, 0.1) is 7.11 Å². The van der Waals surface area contributed by atoms with Crippen molar-refractivity contribution in [1.82, 2.24) is 0 Å². The maximum Gasteiger partial charge on any atom is 0.168 e. The Balaban J connectivity index is 1.76. The Labute approximate surface area is 128 Å². The molecule has 2 aromatic carbocycles. The van der Waals surface area contributed by atoms with Crippen LogP contribution in [0.25, 0.3) is 0 Å². The van der Waals surface area contributed by atoms with Crippen LogP contribution in [0.3, 0.4) is 0 Å². The molecule has 110 valence electrons. The van der Waals surface area contributed by atoms with Crippen LogP contribution in [0.5, 0.6) is 5.75 Å². The minimum Gasteiger partial charge on any atom is -0.496 e. The van der Waals surface area contributed by atoms with Gasteiger partial charge in [-0.25, -0.2) is 0 Å². The van der Waals surface area contributed by atoms with E-state index in [0.717, 1.165) is 17.7 Å². The largest absolute Gasteiger partial charge is 0.496 e. The smallest absolute Gasteiger partial charge is 0.168 e. The average molecular weight is 292 g/mol. The molecular formula is C19H16O3. The van der Waals surface area contributed by atoms with Crippen LogP contribution >= 0.6 is 0 Å². The van der Waals surface area contributed by atoms with Crippen LogP contribution < -0.4 is 4.74 Å². The molecule has 2 aliphatic rings. The van der Waals surface area contributed by atoms with Crippen LogP contribution in [0.2, 0.25) is 0 Å². The number of Topliss-reactive ketones (excluding diaryl/α,β-unsaturated/α-hetero) is 2. The Morgan fingerprint density at radius 1 is 0.864 bits per heavy atom. The zero-order valence-corrected chi connectivity index (χ0v) is 12.3. The van der Waals surface area contributed by atoms with E-state index >= 15 is 0 Å². The Kier molecular flexibility index (Phi) is 2.89. The SMILES string of the molecule is COc1ccccc1[C@@H]1C[C@H]2C(=O)c3ccccc3C(=O)[C@H]21. The minimum atomic E-state index is -0.237. The van der Waals surface area contributed by atoms with E-state index in [1.165, 1.54) is 0 Å². The van der Waals surface area contributed by atoms with Gasteiger partial charge in [0.15, 0.2) is 11.6 Å². The number of carbonyl (C=O) groups excluding carboxylic acids is 2. The molecule has 3 atom stereocenters. The number of para-hydroxylation sites is 1. The standard InChI is InChI=1S/C19H16O3/c1-22-16-9-5-4-6-11(16)14-10-15-17(14)19(21)13-8-3-2-7-12(13)18(15)20/h2-9,14-15,17H,10H2,1H3/t14-,15+,17-/m0/s1. The fourth-order valence-corrected chi connectivity index (χ4v) is 3.87. The number of ether oxygens (including phenoxy) is 1. The lowest BCUT2D eigenvalue weighted by molar-refractivity contribution is 0.0511. The summed E-state index contributed by atoms with van der Waals surface area (Å²) in [7, 11) is 1.64. The lowest BCUT2D eigenvalue weighted by Crippen LogP contribution is -2.48. The van der Waals surface area contributed by atoms with E-state index in [9.17, 15) is 9.59 Å². The van der Waals surface area contributed by atoms with E-state index in [0.29, 0.717) is 11.1 Å². The summed E-state index contributed by atoms with van der Waals surface area (Å²) in [6.45, 7) is 0. The van der Waals surface area contributed by atoms with Crippen molar-refractivity contribution in [3.05, 3.63) is 65.2 Å². The number of rotatable bonds is 2. The molecule has 0 saturated heterocycles. The van der Waals surface area contributed by atoms with Crippen molar-refractivity contribution in [3.63, 3.8) is 0 Å². The van der Waals surface area contributed by atoms with Gasteiger partial charge in [-0.2, -0.15) is 0 Å². The van der Waals surface area contributed by atoms with Crippen LogP contribution in [0.1, 0.15) is 38.6 Å². The van der Waals surface area contributed by atoms with Crippen molar-refractivity contribution in [3.8, 4) is 5.75 Å². The van der Waals surface area contributed by atoms with Gasteiger partial charge in [0, 0.05) is 23.0 Å². The van der Waals surface area contributed by atoms with Crippen LogP contribution in [-0.4, -0.2) is 18.7 Å². The first-order valence-electron chi connectivity index (χ1n) is 7.52. The number of carbonyl (C=O) groups is 2. The van der Waals surface area contributed by atoms with Gasteiger partial charge in [0.1, 0.15) is 5.75 Å². The monoisotopic (exact) mass is 292 g/mol. The summed E-state index contributed by atoms with van der Waals surface area (Å²) in [6, 6.07) is 15.0. The van der Waals surface area contributed by atoms with E-state index < -0.39 is 0 Å². The number of ketones is 2. The molecule has 0 radical (unpaired) electrons. The molecule has 0 bridgehead atoms. The van der Waals surface area contributed by atoms with Gasteiger partial charge in [-0.15, -0.1) is 0 Å². The van der Waals surface area contributed by atoms with Crippen molar-refractivity contribution in [2.45, 2.75) is 12.3 Å². The lowest BCUT2D eigenvalue weighted by Gasteiger charge is -2.46. The van der Waals surface area contributed by atoms with Crippen LogP contribution in [-0.2, 0) is 0 Å². The highest BCUT2D eigenvalue weighted by Crippen LogP contribution is 2.54. The van der Waals surface area contributed by atoms with Crippen LogP contribution in [0, 0.1) is 11.8 Å². The molecule has 0 spiro atoms. The Hall–Kier alpha value is -2.42. The predicted molar refractivity (Wildman–Crippen MR) is 82.4 cm³/mol. The highest BCUT2D eigenvalue weighted by molar-refractivity contribution is 6.17. The fourth-order valence-electron chi connectivity index (χ4n) is 3.87. The normalized spacial score (nSPS) is 26.0. The Morgan fingerprint density at radius 3 is 2.23 bits per heavy atom. The van der Waals surface area contributed by atoms with Gasteiger partial charge in [-0.3, -0.25) is 9.59 Å². The molecule has 0 aliphatic heterocycles. The molecule has 2 aromatic rings. The lowest BCUT2D eigenvalue weighted by atomic mass is 9.54. The molecule has 3 nitrogen and oxygen atoms in total. The number of hydrogen-bond acceptors (Lipinski definition) is 3. The first kappa shape index (κ1) is 13.3. The molecule has 0 heterocycles. The predicted octanol–water partition coefficient (Wildman–Crippen LogP) is 3.49. The summed E-state index contributed by atoms with van der Waals surface area (Å²) < 4.78 is 5.42. The average Bonchev–Trinajstić information content (AvgIpc) is 2.53. The second-order valence-corrected chi connectivity index (χ2v) is 5.99. The third-order valence-corrected chi connectivity index (χ3v) is 5.01. The highest BCUT2D eigenvalue weighted by Gasteiger charge is 2.54. The number of benzene rings is 2. The molecule has 2 aliphatic carbocycles. The van der Waals surface area contributed by atoms with Crippen molar-refractivity contribution in [1.29, 1.82) is 0 Å². The molecule has 0 amide bonds. The van der Waals surface area contributed by atoms with E-state index in [1.54, 1.807) is 19.2 Å². The summed E-state index contributed by atoms with van der Waals surface area (Å²) in [5.74, 6) is 0.681. The summed E-state index contributed by atoms with van der Waals surface area (Å²) in [6.07, 6.45) is 0.726. The van der Waals surface area contributed by atoms with Crippen molar-refractivity contribution in [2.24, 2.45) is 11.8 Å². The van der Waals surface area contributed by atoms with Gasteiger partial charge in [0.2, 0.25) is 0 Å². The molecule has 0 N–H and O–H groups in total. The number of fused-ring (bicyclic) bond motifs is 2. The van der Waals surface area contributed by atoms with E-state index in [4.69, 9.17) is 4.74 Å². The molecule has 4 rings (SSSR count). The van der Waals surface area contributed by atoms with E-state index in [-0.39, 0.29) is 29.3 Å². The quantitative estimate of drug-likeness (QED) is 0.851. The number of hydrogen-bond donors (Lipinski definition) is 0. The van der Waals surface area contributed by atoms with Gasteiger partial charge >= 0.3 is 0 Å². The molecular weight excluding hydrogens is 276 g/mol. The summed E-state index contributed by atoms with van der Waals surface area (Å²) in [5, 5.41) is 0. The van der Waals surface area contributed by atoms with E-state index in [1.807, 2.05) is 36.4 Å². The second kappa shape index (κ2) is 4.80. The maximum absolute atomic E-state index is 12.8. The maximum atomic E-state index is 12.8. The Bertz CT molecular complexity index is 778. The number of methoxy groups -OCH3 is 1. The van der Waals surface area contributed by atoms with Crippen LogP contribution in [0.15, 0.2) is 48.5 Å². The second-order valence-electron chi connectivity index (χ2n) is 5.99. The van der Waals surface area contributed by atoms with E-state index in [2.05, 4.69) is 0 Å². The topological polar surface area (TPSA) is 43.4 Å². The van der Waals surface area contributed by atoms with Crippen molar-refractivity contribution < 1.29 is 14.3 Å². The first-order valence-corrected chi connectivity index (χ1v) is 7.52. The fraction of sp³-hybridized carbons (Fsp3) is 0.263. The molecule has 1 fully saturated rings. The zero-order chi connectivity index (χ0) is 15.3. The molecule has 0 aromatic heterocycles. The zero-order valence-electron chi connectivity index (χ0n) is 12.3. The third-order valence-electron chi connectivity index (χ3n) is 5.01. The van der Waals surface area contributed by atoms with Crippen molar-refractivity contribution in [2.75, 3.05) is 7.11 Å². The van der Waals surface area contributed by atoms with Gasteiger partial charge < -0.3 is 4.74 Å². The van der Waals surface area contributed by atoms with Gasteiger partial charge in [0.25, 0.3) is 0 Å². The van der Waals surface area contributed by atoms with Crippen molar-refractivity contribution >= 4 is 11.6 Å². The molecule has 0 unspecified atom stereocenters. The molecule has 1 saturated carbocycles. The first-order chi connectivity index (χ1) is 10.7. The van der Waals surface area contributed by atoms with Crippen LogP contribution in [0.4, 0.5) is 0 Å². The van der Waals surface area contributed by atoms with Gasteiger partial charge in [-0.1, -0.05) is 42.5 Å².